The van der Waals surface area contributed by atoms with Crippen LogP contribution in [0.1, 0.15) is 39.0 Å². The Bertz CT molecular complexity index is 1510. The second-order valence-corrected chi connectivity index (χ2v) is 14.8. The summed E-state index contributed by atoms with van der Waals surface area (Å²) in [6, 6.07) is 13.3. The summed E-state index contributed by atoms with van der Waals surface area (Å²) in [5, 5.41) is 7.14. The zero-order valence-corrected chi connectivity index (χ0v) is 26.9. The smallest absolute Gasteiger partial charge is 0.242 e. The summed E-state index contributed by atoms with van der Waals surface area (Å²) in [7, 11) is -3.97. The highest BCUT2D eigenvalue weighted by Crippen LogP contribution is 2.29. The number of rotatable bonds is 12. The van der Waals surface area contributed by atoms with E-state index < -0.39 is 34.1 Å². The summed E-state index contributed by atoms with van der Waals surface area (Å²) in [5.41, 5.74) is 0. The van der Waals surface area contributed by atoms with Gasteiger partial charge in [-0.15, -0.1) is 11.3 Å². The van der Waals surface area contributed by atoms with Gasteiger partial charge in [0.25, 0.3) is 0 Å². The van der Waals surface area contributed by atoms with E-state index in [0.29, 0.717) is 11.4 Å². The Kier molecular flexibility index (Phi) is 10.6. The van der Waals surface area contributed by atoms with Crippen LogP contribution in [0.15, 0.2) is 53.4 Å². The molecule has 1 aliphatic heterocycles. The highest BCUT2D eigenvalue weighted by atomic mass is 35.5. The van der Waals surface area contributed by atoms with Gasteiger partial charge in [0.1, 0.15) is 23.1 Å². The highest BCUT2D eigenvalue weighted by Gasteiger charge is 2.42. The first-order valence-electron chi connectivity index (χ1n) is 13.6. The van der Waals surface area contributed by atoms with Crippen LogP contribution in [0.25, 0.3) is 10.1 Å². The summed E-state index contributed by atoms with van der Waals surface area (Å²) in [6.07, 6.45) is -0.731. The van der Waals surface area contributed by atoms with Gasteiger partial charge in [-0.25, -0.2) is 13.1 Å². The molecule has 0 unspecified atom stereocenters. The van der Waals surface area contributed by atoms with E-state index in [1.807, 2.05) is 44.2 Å². The molecule has 2 aromatic carbocycles. The van der Waals surface area contributed by atoms with Gasteiger partial charge >= 0.3 is 0 Å². The average molecular weight is 657 g/mol. The normalized spacial score (nSPS) is 19.2. The second-order valence-electron chi connectivity index (χ2n) is 11.1. The number of sulfonamides is 1. The summed E-state index contributed by atoms with van der Waals surface area (Å²) in [6.45, 7) is 7.31. The number of fused-ring (bicyclic) bond motifs is 1. The molecule has 1 aliphatic rings. The van der Waals surface area contributed by atoms with Crippen molar-refractivity contribution >= 4 is 66.5 Å². The van der Waals surface area contributed by atoms with Crippen LogP contribution in [0, 0.1) is 5.92 Å². The monoisotopic (exact) mass is 655 g/mol. The lowest BCUT2D eigenvalue weighted by Gasteiger charge is -2.22. The fourth-order valence-corrected chi connectivity index (χ4v) is 7.65. The zero-order chi connectivity index (χ0) is 30.7. The van der Waals surface area contributed by atoms with Crippen molar-refractivity contribution in [3.63, 3.8) is 0 Å². The fourth-order valence-electron chi connectivity index (χ4n) is 4.77. The van der Waals surface area contributed by atoms with Crippen molar-refractivity contribution in [3.8, 4) is 0 Å². The minimum atomic E-state index is -3.97. The third-order valence-electron chi connectivity index (χ3n) is 6.59. The number of halogens is 2. The minimum absolute atomic E-state index is 0.00618. The van der Waals surface area contributed by atoms with E-state index in [9.17, 15) is 18.0 Å². The number of ether oxygens (including phenoxy) is 2. The van der Waals surface area contributed by atoms with Gasteiger partial charge in [0.2, 0.25) is 21.8 Å². The molecule has 3 aromatic rings. The number of hydrogen-bond acceptors (Lipinski definition) is 7. The van der Waals surface area contributed by atoms with Crippen molar-refractivity contribution in [1.29, 1.82) is 0 Å². The lowest BCUT2D eigenvalue weighted by Crippen LogP contribution is -2.50. The van der Waals surface area contributed by atoms with Crippen LogP contribution in [0.3, 0.4) is 0 Å². The molecular formula is C29H35Cl2N3O6S2. The second kappa shape index (κ2) is 13.6. The van der Waals surface area contributed by atoms with Crippen LogP contribution in [0.4, 0.5) is 0 Å². The Morgan fingerprint density at radius 1 is 1.02 bits per heavy atom. The predicted molar refractivity (Wildman–Crippen MR) is 165 cm³/mol. The van der Waals surface area contributed by atoms with E-state index in [2.05, 4.69) is 15.4 Å². The molecule has 0 bridgehead atoms. The van der Waals surface area contributed by atoms with Crippen LogP contribution in [0.5, 0.6) is 0 Å². The molecule has 13 heteroatoms. The van der Waals surface area contributed by atoms with Crippen molar-refractivity contribution in [2.75, 3.05) is 13.1 Å². The molecule has 1 saturated heterocycles. The van der Waals surface area contributed by atoms with Crippen molar-refractivity contribution in [2.24, 2.45) is 5.92 Å². The molecule has 228 valence electrons. The van der Waals surface area contributed by atoms with Crippen molar-refractivity contribution in [1.82, 2.24) is 15.4 Å². The molecule has 0 saturated carbocycles. The molecule has 9 nitrogen and oxygen atoms in total. The standard InChI is InChI=1S/C29H35Cl2N3O6S2/c1-17(2)11-22(34-27(35)14-20-12-18-7-5-6-8-25(18)41-20)28(36)32-15-23-24(40-29(3,4)39-23)16-33-42(37,38)26-10-9-19(30)13-21(26)31/h5-10,12-13,17,22-24,33H,11,14-16H2,1-4H3,(H,32,36)(H,34,35)/t22-,23+,24+/m0/s1. The molecule has 0 aliphatic carbocycles. The van der Waals surface area contributed by atoms with Gasteiger partial charge < -0.3 is 20.1 Å². The van der Waals surface area contributed by atoms with Gasteiger partial charge in [-0.3, -0.25) is 9.59 Å². The first kappa shape index (κ1) is 32.7. The van der Waals surface area contributed by atoms with Crippen molar-refractivity contribution in [2.45, 2.75) is 69.5 Å². The maximum Gasteiger partial charge on any atom is 0.242 e. The zero-order valence-electron chi connectivity index (χ0n) is 23.8. The van der Waals surface area contributed by atoms with E-state index in [1.54, 1.807) is 25.2 Å². The molecule has 3 atom stereocenters. The maximum absolute atomic E-state index is 13.2. The minimum Gasteiger partial charge on any atom is -0.352 e. The summed E-state index contributed by atoms with van der Waals surface area (Å²) in [5.74, 6) is -1.44. The largest absolute Gasteiger partial charge is 0.352 e. The molecule has 2 heterocycles. The first-order valence-corrected chi connectivity index (χ1v) is 16.6. The van der Waals surface area contributed by atoms with Crippen LogP contribution in [0.2, 0.25) is 10.0 Å². The Labute approximate surface area is 260 Å². The van der Waals surface area contributed by atoms with Crippen molar-refractivity contribution in [3.05, 3.63) is 63.5 Å². The van der Waals surface area contributed by atoms with E-state index in [1.165, 1.54) is 18.2 Å². The molecular weight excluding hydrogens is 621 g/mol. The van der Waals surface area contributed by atoms with E-state index in [0.717, 1.165) is 15.0 Å². The quantitative estimate of drug-likeness (QED) is 0.255. The van der Waals surface area contributed by atoms with Crippen LogP contribution in [-0.2, 0) is 35.5 Å². The lowest BCUT2D eigenvalue weighted by atomic mass is 10.0. The Morgan fingerprint density at radius 2 is 1.71 bits per heavy atom. The Hall–Kier alpha value is -2.25. The fraction of sp³-hybridized carbons (Fsp3) is 0.448. The topological polar surface area (TPSA) is 123 Å². The van der Waals surface area contributed by atoms with E-state index >= 15 is 0 Å². The predicted octanol–water partition coefficient (Wildman–Crippen LogP) is 4.90. The molecule has 2 amide bonds. The number of thiophene rings is 1. The highest BCUT2D eigenvalue weighted by molar-refractivity contribution is 7.89. The average Bonchev–Trinajstić information content (AvgIpc) is 3.43. The number of benzene rings is 2. The third kappa shape index (κ3) is 8.66. The summed E-state index contributed by atoms with van der Waals surface area (Å²) < 4.78 is 41.3. The van der Waals surface area contributed by atoms with Gasteiger partial charge in [-0.1, -0.05) is 55.2 Å². The van der Waals surface area contributed by atoms with Crippen LogP contribution >= 0.6 is 34.5 Å². The van der Waals surface area contributed by atoms with Gasteiger partial charge in [0, 0.05) is 27.7 Å². The SMILES string of the molecule is CC(C)C[C@H](NC(=O)Cc1cc2ccccc2s1)C(=O)NC[C@H]1OC(C)(C)O[C@@H]1CNS(=O)(=O)c1ccc(Cl)cc1Cl. The lowest BCUT2D eigenvalue weighted by molar-refractivity contribution is -0.146. The van der Waals surface area contributed by atoms with E-state index in [-0.39, 0.29) is 47.2 Å². The molecule has 0 radical (unpaired) electrons. The molecule has 42 heavy (non-hydrogen) atoms. The first-order chi connectivity index (χ1) is 19.7. The number of carbonyl (C=O) groups excluding carboxylic acids is 2. The Balaban J connectivity index is 1.36. The van der Waals surface area contributed by atoms with Crippen LogP contribution < -0.4 is 15.4 Å². The number of hydrogen-bond donors (Lipinski definition) is 3. The number of carbonyl (C=O) groups is 2. The summed E-state index contributed by atoms with van der Waals surface area (Å²) >= 11 is 13.5. The maximum atomic E-state index is 13.2. The molecule has 1 aromatic heterocycles. The van der Waals surface area contributed by atoms with E-state index in [4.69, 9.17) is 32.7 Å². The van der Waals surface area contributed by atoms with Gasteiger partial charge in [0.15, 0.2) is 5.79 Å². The van der Waals surface area contributed by atoms with Crippen LogP contribution in [-0.4, -0.2) is 57.4 Å². The van der Waals surface area contributed by atoms with Gasteiger partial charge in [-0.2, -0.15) is 0 Å². The van der Waals surface area contributed by atoms with Gasteiger partial charge in [-0.05, 0) is 61.9 Å². The number of nitrogens with one attached hydrogen (secondary N) is 3. The third-order valence-corrected chi connectivity index (χ3v) is 9.85. The van der Waals surface area contributed by atoms with Gasteiger partial charge in [0.05, 0.1) is 11.4 Å². The molecule has 1 fully saturated rings. The molecule has 0 spiro atoms. The summed E-state index contributed by atoms with van der Waals surface area (Å²) in [4.78, 5) is 27.0. The van der Waals surface area contributed by atoms with Crippen molar-refractivity contribution < 1.29 is 27.5 Å². The molecule has 3 N–H and O–H groups in total. The number of amides is 2. The molecule has 4 rings (SSSR count). The Morgan fingerprint density at radius 3 is 2.38 bits per heavy atom.